The molecule has 2 aromatic carbocycles. The molecule has 0 fully saturated rings. The molecular weight excluding hydrogens is 409 g/mol. The van der Waals surface area contributed by atoms with Gasteiger partial charge in [-0.1, -0.05) is 36.4 Å². The van der Waals surface area contributed by atoms with Crippen LogP contribution < -0.4 is 16.1 Å². The van der Waals surface area contributed by atoms with Gasteiger partial charge in [-0.3, -0.25) is 14.2 Å². The Morgan fingerprint density at radius 1 is 0.935 bits per heavy atom. The Balaban J connectivity index is 2.11. The van der Waals surface area contributed by atoms with E-state index in [2.05, 4.69) is 15.6 Å². The zero-order chi connectivity index (χ0) is 22.0. The Kier molecular flexibility index (Phi) is 5.16. The molecule has 0 radical (unpaired) electrons. The maximum absolute atomic E-state index is 13.8. The first-order valence-electron chi connectivity index (χ1n) is 9.14. The van der Waals surface area contributed by atoms with Crippen LogP contribution in [0, 0.1) is 0 Å². The third kappa shape index (κ3) is 3.97. The summed E-state index contributed by atoms with van der Waals surface area (Å²) in [6.45, 7) is 0. The number of hydrogen-bond acceptors (Lipinski definition) is 4. The molecule has 0 aliphatic carbocycles. The largest absolute Gasteiger partial charge is 0.417 e. The third-order valence-corrected chi connectivity index (χ3v) is 4.54. The predicted molar refractivity (Wildman–Crippen MR) is 112 cm³/mol. The Bertz CT molecular complexity index is 1300. The van der Waals surface area contributed by atoms with E-state index in [1.54, 1.807) is 54.6 Å². The van der Waals surface area contributed by atoms with Crippen molar-refractivity contribution in [2.75, 3.05) is 10.6 Å². The fraction of sp³-hybridized carbons (Fsp3) is 0.0455. The lowest BCUT2D eigenvalue weighted by molar-refractivity contribution is -0.136. The van der Waals surface area contributed by atoms with E-state index in [4.69, 9.17) is 0 Å². The van der Waals surface area contributed by atoms with E-state index in [9.17, 15) is 22.8 Å². The normalized spacial score (nSPS) is 11.3. The van der Waals surface area contributed by atoms with Crippen molar-refractivity contribution >= 4 is 34.8 Å². The molecule has 2 heterocycles. The summed E-state index contributed by atoms with van der Waals surface area (Å²) in [5.74, 6) is -0.102. The first kappa shape index (κ1) is 20.1. The molecule has 4 aromatic rings. The molecule has 31 heavy (non-hydrogen) atoms. The number of carbonyl (C=O) groups is 1. The average Bonchev–Trinajstić information content (AvgIpc) is 2.74. The Hall–Kier alpha value is -4.14. The summed E-state index contributed by atoms with van der Waals surface area (Å²) in [7, 11) is 0. The number of aromatic nitrogens is 2. The number of halogens is 3. The van der Waals surface area contributed by atoms with E-state index in [1.165, 1.54) is 4.57 Å². The second-order valence-corrected chi connectivity index (χ2v) is 6.57. The van der Waals surface area contributed by atoms with Gasteiger partial charge in [0.1, 0.15) is 11.6 Å². The van der Waals surface area contributed by atoms with E-state index < -0.39 is 22.6 Å². The van der Waals surface area contributed by atoms with Crippen LogP contribution in [0.4, 0.5) is 30.5 Å². The second kappa shape index (κ2) is 7.94. The first-order valence-corrected chi connectivity index (χ1v) is 9.14. The molecule has 6 nitrogen and oxygen atoms in total. The van der Waals surface area contributed by atoms with E-state index in [0.717, 1.165) is 6.07 Å². The Labute approximate surface area is 174 Å². The number of hydrogen-bond donors (Lipinski definition) is 2. The van der Waals surface area contributed by atoms with Crippen LogP contribution in [0.25, 0.3) is 16.7 Å². The zero-order valence-corrected chi connectivity index (χ0v) is 15.9. The molecule has 2 aromatic heterocycles. The van der Waals surface area contributed by atoms with E-state index in [-0.39, 0.29) is 23.7 Å². The SMILES string of the molecule is O=CNc1cc(C(F)(F)F)c2c(=O)cc(Nc3ccccc3)n(-c3ccccc3)c2n1. The van der Waals surface area contributed by atoms with Crippen molar-refractivity contribution in [3.8, 4) is 5.69 Å². The lowest BCUT2D eigenvalue weighted by Crippen LogP contribution is -2.19. The summed E-state index contributed by atoms with van der Waals surface area (Å²) in [6, 6.07) is 19.2. The molecule has 0 bridgehead atoms. The number of rotatable bonds is 5. The molecule has 2 N–H and O–H groups in total. The summed E-state index contributed by atoms with van der Waals surface area (Å²) in [5, 5.41) is 4.63. The van der Waals surface area contributed by atoms with Crippen molar-refractivity contribution in [2.45, 2.75) is 6.18 Å². The van der Waals surface area contributed by atoms with Gasteiger partial charge in [0, 0.05) is 17.4 Å². The fourth-order valence-electron chi connectivity index (χ4n) is 3.27. The van der Waals surface area contributed by atoms with Gasteiger partial charge in [-0.15, -0.1) is 0 Å². The van der Waals surface area contributed by atoms with Gasteiger partial charge in [0.05, 0.1) is 10.9 Å². The van der Waals surface area contributed by atoms with Crippen LogP contribution in [0.3, 0.4) is 0 Å². The van der Waals surface area contributed by atoms with Gasteiger partial charge in [-0.05, 0) is 30.3 Å². The minimum absolute atomic E-state index is 0.221. The van der Waals surface area contributed by atoms with Crippen LogP contribution in [-0.4, -0.2) is 16.0 Å². The molecule has 4 rings (SSSR count). The number of pyridine rings is 2. The summed E-state index contributed by atoms with van der Waals surface area (Å²) < 4.78 is 42.8. The topological polar surface area (TPSA) is 76.0 Å². The third-order valence-electron chi connectivity index (χ3n) is 4.54. The number of anilines is 3. The number of benzene rings is 2. The summed E-state index contributed by atoms with van der Waals surface area (Å²) in [6.07, 6.45) is -4.60. The molecule has 0 spiro atoms. The van der Waals surface area contributed by atoms with Crippen molar-refractivity contribution in [3.05, 3.63) is 88.6 Å². The standard InChI is InChI=1S/C22H15F3N4O2/c23-22(24,25)16-11-18(26-13-30)28-21-20(16)17(31)12-19(27-14-7-3-1-4-8-14)29(21)15-9-5-2-6-10-15/h1-13,27H,(H,26,28,30). The number of nitrogens with zero attached hydrogens (tertiary/aromatic N) is 2. The van der Waals surface area contributed by atoms with Crippen LogP contribution in [-0.2, 0) is 11.0 Å². The second-order valence-electron chi connectivity index (χ2n) is 6.57. The van der Waals surface area contributed by atoms with E-state index in [1.807, 2.05) is 6.07 Å². The van der Waals surface area contributed by atoms with Crippen LogP contribution in [0.1, 0.15) is 5.56 Å². The van der Waals surface area contributed by atoms with Crippen molar-refractivity contribution < 1.29 is 18.0 Å². The van der Waals surface area contributed by atoms with Crippen molar-refractivity contribution in [3.63, 3.8) is 0 Å². The maximum Gasteiger partial charge on any atom is 0.417 e. The molecule has 0 aliphatic heterocycles. The summed E-state index contributed by atoms with van der Waals surface area (Å²) in [5.41, 5.74) is -1.16. The van der Waals surface area contributed by atoms with Crippen LogP contribution in [0.5, 0.6) is 0 Å². The van der Waals surface area contributed by atoms with Crippen LogP contribution in [0.2, 0.25) is 0 Å². The van der Waals surface area contributed by atoms with Gasteiger partial charge < -0.3 is 10.6 Å². The fourth-order valence-corrected chi connectivity index (χ4v) is 3.27. The summed E-state index contributed by atoms with van der Waals surface area (Å²) >= 11 is 0. The Morgan fingerprint density at radius 2 is 1.58 bits per heavy atom. The van der Waals surface area contributed by atoms with Crippen LogP contribution in [0.15, 0.2) is 77.6 Å². The number of amides is 1. The number of para-hydroxylation sites is 2. The smallest absolute Gasteiger partial charge is 0.341 e. The molecule has 156 valence electrons. The Morgan fingerprint density at radius 3 is 2.19 bits per heavy atom. The van der Waals surface area contributed by atoms with Gasteiger partial charge in [0.15, 0.2) is 11.1 Å². The lowest BCUT2D eigenvalue weighted by Gasteiger charge is -2.20. The molecule has 0 saturated carbocycles. The molecule has 0 saturated heterocycles. The van der Waals surface area contributed by atoms with Gasteiger partial charge in [0.2, 0.25) is 6.41 Å². The highest BCUT2D eigenvalue weighted by molar-refractivity contribution is 5.87. The molecule has 0 unspecified atom stereocenters. The van der Waals surface area contributed by atoms with Gasteiger partial charge in [-0.2, -0.15) is 13.2 Å². The number of alkyl halides is 3. The predicted octanol–water partition coefficient (Wildman–Crippen LogP) is 4.72. The molecule has 0 atom stereocenters. The lowest BCUT2D eigenvalue weighted by atomic mass is 10.1. The molecule has 9 heteroatoms. The number of nitrogens with one attached hydrogen (secondary N) is 2. The highest BCUT2D eigenvalue weighted by Crippen LogP contribution is 2.36. The quantitative estimate of drug-likeness (QED) is 0.455. The van der Waals surface area contributed by atoms with E-state index >= 15 is 0 Å². The first-order chi connectivity index (χ1) is 14.9. The highest BCUT2D eigenvalue weighted by Gasteiger charge is 2.35. The monoisotopic (exact) mass is 424 g/mol. The van der Waals surface area contributed by atoms with Crippen molar-refractivity contribution in [1.29, 1.82) is 0 Å². The van der Waals surface area contributed by atoms with Gasteiger partial charge in [0.25, 0.3) is 0 Å². The summed E-state index contributed by atoms with van der Waals surface area (Å²) in [4.78, 5) is 27.9. The van der Waals surface area contributed by atoms with Gasteiger partial charge >= 0.3 is 6.18 Å². The molecule has 0 aliphatic rings. The minimum Gasteiger partial charge on any atom is -0.341 e. The zero-order valence-electron chi connectivity index (χ0n) is 15.9. The minimum atomic E-state index is -4.83. The molecule has 1 amide bonds. The maximum atomic E-state index is 13.8. The highest BCUT2D eigenvalue weighted by atomic mass is 19.4. The van der Waals surface area contributed by atoms with Crippen LogP contribution >= 0.6 is 0 Å². The van der Waals surface area contributed by atoms with E-state index in [0.29, 0.717) is 17.4 Å². The number of carbonyl (C=O) groups excluding carboxylic acids is 1. The van der Waals surface area contributed by atoms with Crippen molar-refractivity contribution in [1.82, 2.24) is 9.55 Å². The number of fused-ring (bicyclic) bond motifs is 1. The van der Waals surface area contributed by atoms with Crippen molar-refractivity contribution in [2.24, 2.45) is 0 Å². The molecular formula is C22H15F3N4O2. The average molecular weight is 424 g/mol. The van der Waals surface area contributed by atoms with Gasteiger partial charge in [-0.25, -0.2) is 4.98 Å².